The zero-order valence-electron chi connectivity index (χ0n) is 10.1. The molecule has 0 N–H and O–H groups in total. The van der Waals surface area contributed by atoms with Crippen LogP contribution in [0.2, 0.25) is 0 Å². The zero-order valence-corrected chi connectivity index (χ0v) is 11.0. The first-order chi connectivity index (χ1) is 8.08. The third-order valence-electron chi connectivity index (χ3n) is 2.25. The number of ketones is 1. The van der Waals surface area contributed by atoms with Crippen molar-refractivity contribution in [3.05, 3.63) is 29.8 Å². The van der Waals surface area contributed by atoms with Gasteiger partial charge in [-0.2, -0.15) is 0 Å². The molecule has 0 aliphatic carbocycles. The van der Waals surface area contributed by atoms with Crippen molar-refractivity contribution in [2.24, 2.45) is 0 Å². The molecule has 0 fully saturated rings. The van der Waals surface area contributed by atoms with Gasteiger partial charge >= 0.3 is 0 Å². The Morgan fingerprint density at radius 2 is 1.76 bits per heavy atom. The summed E-state index contributed by atoms with van der Waals surface area (Å²) in [5.74, 6) is -0.427. The van der Waals surface area contributed by atoms with Crippen molar-refractivity contribution in [2.75, 3.05) is 20.0 Å². The standard InChI is InChI=1S/C12H16O4S/c1-9-4-6-10(7-5-9)17(14)8-11(13)12(15-2)16-3/h4-7,12H,8H2,1-3H3. The normalized spacial score (nSPS) is 12.7. The van der Waals surface area contributed by atoms with Crippen LogP contribution >= 0.6 is 0 Å². The quantitative estimate of drug-likeness (QED) is 0.720. The Bertz CT molecular complexity index is 395. The Labute approximate surface area is 103 Å². The summed E-state index contributed by atoms with van der Waals surface area (Å²) in [6.45, 7) is 1.95. The highest BCUT2D eigenvalue weighted by Crippen LogP contribution is 2.09. The lowest BCUT2D eigenvalue weighted by atomic mass is 10.2. The van der Waals surface area contributed by atoms with Gasteiger partial charge in [0.2, 0.25) is 12.1 Å². The van der Waals surface area contributed by atoms with E-state index in [9.17, 15) is 9.00 Å². The van der Waals surface area contributed by atoms with E-state index in [1.54, 1.807) is 12.1 Å². The molecule has 0 spiro atoms. The second-order valence-corrected chi connectivity index (χ2v) is 5.02. The summed E-state index contributed by atoms with van der Waals surface area (Å²) >= 11 is 0. The Kier molecular flexibility index (Phi) is 5.47. The third-order valence-corrected chi connectivity index (χ3v) is 3.59. The van der Waals surface area contributed by atoms with Gasteiger partial charge in [0, 0.05) is 19.1 Å². The molecule has 0 radical (unpaired) electrons. The fourth-order valence-electron chi connectivity index (χ4n) is 1.33. The number of rotatable bonds is 6. The molecule has 1 aromatic rings. The lowest BCUT2D eigenvalue weighted by Crippen LogP contribution is -2.29. The maximum atomic E-state index is 11.9. The van der Waals surface area contributed by atoms with Crippen molar-refractivity contribution in [1.82, 2.24) is 0 Å². The number of hydrogen-bond acceptors (Lipinski definition) is 4. The molecule has 17 heavy (non-hydrogen) atoms. The van der Waals surface area contributed by atoms with Crippen molar-refractivity contribution < 1.29 is 18.5 Å². The Balaban J connectivity index is 2.66. The van der Waals surface area contributed by atoms with E-state index in [4.69, 9.17) is 9.47 Å². The average molecular weight is 256 g/mol. The number of methoxy groups -OCH3 is 2. The fraction of sp³-hybridized carbons (Fsp3) is 0.417. The van der Waals surface area contributed by atoms with Crippen LogP contribution in [0.5, 0.6) is 0 Å². The van der Waals surface area contributed by atoms with Gasteiger partial charge in [-0.1, -0.05) is 17.7 Å². The van der Waals surface area contributed by atoms with Gasteiger partial charge in [0.15, 0.2) is 0 Å². The number of Topliss-reactive ketones (excluding diaryl/α,β-unsaturated/α-hetero) is 1. The fourth-order valence-corrected chi connectivity index (χ4v) is 2.33. The molecule has 1 rings (SSSR count). The minimum absolute atomic E-state index is 0.102. The van der Waals surface area contributed by atoms with Crippen LogP contribution in [0.4, 0.5) is 0 Å². The summed E-state index contributed by atoms with van der Waals surface area (Å²) in [5, 5.41) is 0. The summed E-state index contributed by atoms with van der Waals surface area (Å²) < 4.78 is 21.5. The monoisotopic (exact) mass is 256 g/mol. The molecule has 0 aromatic heterocycles. The van der Waals surface area contributed by atoms with Crippen molar-refractivity contribution in [3.8, 4) is 0 Å². The van der Waals surface area contributed by atoms with Crippen molar-refractivity contribution in [1.29, 1.82) is 0 Å². The van der Waals surface area contributed by atoms with Crippen LogP contribution in [-0.4, -0.2) is 36.3 Å². The van der Waals surface area contributed by atoms with Gasteiger partial charge < -0.3 is 9.47 Å². The summed E-state index contributed by atoms with van der Waals surface area (Å²) in [6.07, 6.45) is -0.940. The van der Waals surface area contributed by atoms with E-state index in [2.05, 4.69) is 0 Å². The minimum Gasteiger partial charge on any atom is -0.349 e. The third kappa shape index (κ3) is 4.03. The van der Waals surface area contributed by atoms with Crippen LogP contribution in [0.3, 0.4) is 0 Å². The van der Waals surface area contributed by atoms with Gasteiger partial charge in [0.1, 0.15) is 0 Å². The average Bonchev–Trinajstić information content (AvgIpc) is 2.31. The maximum Gasteiger partial charge on any atom is 0.218 e. The van der Waals surface area contributed by atoms with Crippen molar-refractivity contribution >= 4 is 16.6 Å². The lowest BCUT2D eigenvalue weighted by Gasteiger charge is -2.11. The Hall–Kier alpha value is -1.04. The molecule has 1 unspecified atom stereocenters. The highest BCUT2D eigenvalue weighted by Gasteiger charge is 2.19. The SMILES string of the molecule is COC(OC)C(=O)CS(=O)c1ccc(C)cc1. The molecular weight excluding hydrogens is 240 g/mol. The number of hydrogen-bond donors (Lipinski definition) is 0. The van der Waals surface area contributed by atoms with Crippen molar-refractivity contribution in [3.63, 3.8) is 0 Å². The molecule has 94 valence electrons. The molecule has 0 amide bonds. The van der Waals surface area contributed by atoms with E-state index >= 15 is 0 Å². The summed E-state index contributed by atoms with van der Waals surface area (Å²) in [7, 11) is 1.40. The predicted octanol–water partition coefficient (Wildman–Crippen LogP) is 1.29. The van der Waals surface area contributed by atoms with Crippen LogP contribution in [-0.2, 0) is 25.1 Å². The molecule has 0 saturated carbocycles. The second-order valence-electron chi connectivity index (χ2n) is 3.57. The summed E-state index contributed by atoms with van der Waals surface area (Å²) in [5.41, 5.74) is 1.09. The number of aryl methyl sites for hydroxylation is 1. The number of carbonyl (C=O) groups is 1. The Morgan fingerprint density at radius 3 is 2.24 bits per heavy atom. The molecule has 0 aliphatic rings. The molecule has 0 aliphatic heterocycles. The van der Waals surface area contributed by atoms with Crippen molar-refractivity contribution in [2.45, 2.75) is 18.1 Å². The number of carbonyl (C=O) groups excluding carboxylic acids is 1. The number of ether oxygens (including phenoxy) is 2. The van der Waals surface area contributed by atoms with E-state index in [0.717, 1.165) is 5.56 Å². The number of benzene rings is 1. The smallest absolute Gasteiger partial charge is 0.218 e. The molecule has 1 atom stereocenters. The minimum atomic E-state index is -1.36. The molecule has 0 saturated heterocycles. The topological polar surface area (TPSA) is 52.6 Å². The molecule has 0 bridgehead atoms. The first kappa shape index (κ1) is 14.0. The lowest BCUT2D eigenvalue weighted by molar-refractivity contribution is -0.153. The van der Waals surface area contributed by atoms with E-state index in [1.165, 1.54) is 14.2 Å². The highest BCUT2D eigenvalue weighted by atomic mass is 32.2. The van der Waals surface area contributed by atoms with Crippen LogP contribution in [0.1, 0.15) is 5.56 Å². The molecule has 4 nitrogen and oxygen atoms in total. The maximum absolute atomic E-state index is 11.9. The predicted molar refractivity (Wildman–Crippen MR) is 65.3 cm³/mol. The molecule has 0 heterocycles. The van der Waals surface area contributed by atoms with Gasteiger partial charge in [-0.05, 0) is 19.1 Å². The van der Waals surface area contributed by atoms with Gasteiger partial charge in [0.25, 0.3) is 0 Å². The van der Waals surface area contributed by atoms with Gasteiger partial charge in [-0.3, -0.25) is 9.00 Å². The van der Waals surface area contributed by atoms with E-state index < -0.39 is 17.1 Å². The Morgan fingerprint density at radius 1 is 1.24 bits per heavy atom. The van der Waals surface area contributed by atoms with Gasteiger partial charge in [-0.15, -0.1) is 0 Å². The summed E-state index contributed by atoms with van der Waals surface area (Å²) in [6, 6.07) is 7.24. The molecular formula is C12H16O4S. The largest absolute Gasteiger partial charge is 0.349 e. The zero-order chi connectivity index (χ0) is 12.8. The van der Waals surface area contributed by atoms with Crippen LogP contribution < -0.4 is 0 Å². The van der Waals surface area contributed by atoms with E-state index in [-0.39, 0.29) is 11.5 Å². The van der Waals surface area contributed by atoms with Gasteiger partial charge in [-0.25, -0.2) is 0 Å². The van der Waals surface area contributed by atoms with Crippen LogP contribution in [0, 0.1) is 6.92 Å². The van der Waals surface area contributed by atoms with E-state index in [1.807, 2.05) is 19.1 Å². The molecule has 1 aromatic carbocycles. The first-order valence-corrected chi connectivity index (χ1v) is 6.43. The van der Waals surface area contributed by atoms with Gasteiger partial charge in [0.05, 0.1) is 16.6 Å². The highest BCUT2D eigenvalue weighted by molar-refractivity contribution is 7.85. The van der Waals surface area contributed by atoms with E-state index in [0.29, 0.717) is 4.90 Å². The first-order valence-electron chi connectivity index (χ1n) is 5.12. The molecule has 5 heteroatoms. The second kappa shape index (κ2) is 6.64. The van der Waals surface area contributed by atoms with Crippen LogP contribution in [0.15, 0.2) is 29.2 Å². The van der Waals surface area contributed by atoms with Crippen LogP contribution in [0.25, 0.3) is 0 Å². The summed E-state index contributed by atoms with van der Waals surface area (Å²) in [4.78, 5) is 12.2.